The van der Waals surface area contributed by atoms with Gasteiger partial charge in [0.05, 0.1) is 13.2 Å². The van der Waals surface area contributed by atoms with Crippen molar-refractivity contribution in [3.63, 3.8) is 0 Å². The van der Waals surface area contributed by atoms with Crippen molar-refractivity contribution in [1.82, 2.24) is 10.6 Å². The Morgan fingerprint density at radius 2 is 1.75 bits per heavy atom. The first-order chi connectivity index (χ1) is 13.3. The summed E-state index contributed by atoms with van der Waals surface area (Å²) in [6.07, 6.45) is 6.52. The van der Waals surface area contributed by atoms with E-state index in [0.717, 1.165) is 36.4 Å². The molecule has 1 aromatic carbocycles. The van der Waals surface area contributed by atoms with E-state index in [0.29, 0.717) is 32.3 Å². The Kier molecular flexibility index (Phi) is 9.66. The molecule has 1 aliphatic heterocycles. The van der Waals surface area contributed by atoms with Crippen LogP contribution in [0.1, 0.15) is 38.5 Å². The molecule has 3 N–H and O–H groups in total. The van der Waals surface area contributed by atoms with Crippen molar-refractivity contribution in [1.29, 1.82) is 0 Å². The summed E-state index contributed by atoms with van der Waals surface area (Å²) in [7, 11) is 1.72. The van der Waals surface area contributed by atoms with E-state index in [1.165, 1.54) is 19.3 Å². The van der Waals surface area contributed by atoms with Gasteiger partial charge in [-0.05, 0) is 25.0 Å². The highest BCUT2D eigenvalue weighted by Gasteiger charge is 2.20. The van der Waals surface area contributed by atoms with Crippen LogP contribution in [0, 0.1) is 5.92 Å². The van der Waals surface area contributed by atoms with E-state index in [1.54, 1.807) is 7.05 Å². The summed E-state index contributed by atoms with van der Waals surface area (Å²) >= 11 is 0. The van der Waals surface area contributed by atoms with Gasteiger partial charge in [0.2, 0.25) is 5.91 Å². The van der Waals surface area contributed by atoms with E-state index in [9.17, 15) is 4.79 Å². The SMILES string of the molecule is CN=C(NCCNC(=O)C1CCCCC1)Nc1ccc2c(c1)OCCCO2.I. The van der Waals surface area contributed by atoms with E-state index in [-0.39, 0.29) is 35.8 Å². The number of carbonyl (C=O) groups is 1. The van der Waals surface area contributed by atoms with Crippen LogP contribution in [0.15, 0.2) is 23.2 Å². The average molecular weight is 502 g/mol. The largest absolute Gasteiger partial charge is 0.490 e. The Hall–Kier alpha value is -1.71. The summed E-state index contributed by atoms with van der Waals surface area (Å²) in [4.78, 5) is 16.4. The number of guanidine groups is 1. The summed E-state index contributed by atoms with van der Waals surface area (Å²) in [5.74, 6) is 2.54. The molecule has 0 unspecified atom stereocenters. The number of hydrogen-bond donors (Lipinski definition) is 3. The van der Waals surface area contributed by atoms with Crippen molar-refractivity contribution in [2.45, 2.75) is 38.5 Å². The van der Waals surface area contributed by atoms with E-state index >= 15 is 0 Å². The molecule has 0 aromatic heterocycles. The Balaban J connectivity index is 0.00000280. The summed E-state index contributed by atoms with van der Waals surface area (Å²) < 4.78 is 11.4. The van der Waals surface area contributed by atoms with Gasteiger partial charge in [0.1, 0.15) is 0 Å². The molecule has 1 saturated carbocycles. The van der Waals surface area contributed by atoms with Crippen LogP contribution in [0.3, 0.4) is 0 Å². The summed E-state index contributed by atoms with van der Waals surface area (Å²) in [5.41, 5.74) is 0.874. The van der Waals surface area contributed by atoms with E-state index in [2.05, 4.69) is 20.9 Å². The van der Waals surface area contributed by atoms with Gasteiger partial charge in [-0.2, -0.15) is 0 Å². The molecule has 0 saturated heterocycles. The second-order valence-electron chi connectivity index (χ2n) is 6.96. The first kappa shape index (κ1) is 22.6. The molecule has 1 amide bonds. The fourth-order valence-corrected chi connectivity index (χ4v) is 3.43. The van der Waals surface area contributed by atoms with Gasteiger partial charge in [-0.25, -0.2) is 0 Å². The van der Waals surface area contributed by atoms with Crippen molar-refractivity contribution in [3.8, 4) is 11.5 Å². The minimum absolute atomic E-state index is 0. The molecule has 7 nitrogen and oxygen atoms in total. The maximum Gasteiger partial charge on any atom is 0.223 e. The zero-order chi connectivity index (χ0) is 18.9. The summed E-state index contributed by atoms with van der Waals surface area (Å²) in [5, 5.41) is 9.48. The molecular formula is C20H31IN4O3. The highest BCUT2D eigenvalue weighted by atomic mass is 127. The number of rotatable bonds is 5. The van der Waals surface area contributed by atoms with E-state index < -0.39 is 0 Å². The third-order valence-electron chi connectivity index (χ3n) is 4.93. The second-order valence-corrected chi connectivity index (χ2v) is 6.96. The van der Waals surface area contributed by atoms with E-state index in [1.807, 2.05) is 18.2 Å². The van der Waals surface area contributed by atoms with Crippen LogP contribution in [0.25, 0.3) is 0 Å². The van der Waals surface area contributed by atoms with Crippen molar-refractivity contribution in [2.75, 3.05) is 38.7 Å². The normalized spacial score (nSPS) is 17.1. The lowest BCUT2D eigenvalue weighted by atomic mass is 9.89. The van der Waals surface area contributed by atoms with Gasteiger partial charge in [0.25, 0.3) is 0 Å². The number of benzene rings is 1. The van der Waals surface area contributed by atoms with Crippen molar-refractivity contribution >= 4 is 41.5 Å². The zero-order valence-corrected chi connectivity index (χ0v) is 18.8. The minimum atomic E-state index is 0. The number of nitrogens with zero attached hydrogens (tertiary/aromatic N) is 1. The van der Waals surface area contributed by atoms with Gasteiger partial charge in [-0.1, -0.05) is 19.3 Å². The van der Waals surface area contributed by atoms with Gasteiger partial charge in [-0.3, -0.25) is 9.79 Å². The first-order valence-electron chi connectivity index (χ1n) is 9.91. The number of carbonyl (C=O) groups excluding carboxylic acids is 1. The lowest BCUT2D eigenvalue weighted by molar-refractivity contribution is -0.125. The quantitative estimate of drug-likeness (QED) is 0.250. The smallest absolute Gasteiger partial charge is 0.223 e. The van der Waals surface area contributed by atoms with Crippen LogP contribution in [0.2, 0.25) is 0 Å². The fourth-order valence-electron chi connectivity index (χ4n) is 3.43. The van der Waals surface area contributed by atoms with Crippen molar-refractivity contribution in [3.05, 3.63) is 18.2 Å². The van der Waals surface area contributed by atoms with Gasteiger partial charge in [-0.15, -0.1) is 24.0 Å². The van der Waals surface area contributed by atoms with Crippen molar-refractivity contribution in [2.24, 2.45) is 10.9 Å². The van der Waals surface area contributed by atoms with Crippen LogP contribution in [-0.2, 0) is 4.79 Å². The Bertz CT molecular complexity index is 663. The topological polar surface area (TPSA) is 84.0 Å². The Morgan fingerprint density at radius 3 is 2.50 bits per heavy atom. The summed E-state index contributed by atoms with van der Waals surface area (Å²) in [6, 6.07) is 5.75. The molecular weight excluding hydrogens is 471 g/mol. The number of fused-ring (bicyclic) bond motifs is 1. The molecule has 1 heterocycles. The number of anilines is 1. The highest BCUT2D eigenvalue weighted by molar-refractivity contribution is 14.0. The van der Waals surface area contributed by atoms with Crippen molar-refractivity contribution < 1.29 is 14.3 Å². The molecule has 28 heavy (non-hydrogen) atoms. The maximum absolute atomic E-state index is 12.2. The lowest BCUT2D eigenvalue weighted by Gasteiger charge is -2.21. The highest BCUT2D eigenvalue weighted by Crippen LogP contribution is 2.32. The first-order valence-corrected chi connectivity index (χ1v) is 9.91. The fraction of sp³-hybridized carbons (Fsp3) is 0.600. The predicted octanol–water partition coefficient (Wildman–Crippen LogP) is 3.15. The molecule has 0 spiro atoms. The van der Waals surface area contributed by atoms with Crippen LogP contribution in [-0.4, -0.2) is 45.2 Å². The number of ether oxygens (including phenoxy) is 2. The minimum Gasteiger partial charge on any atom is -0.490 e. The predicted molar refractivity (Wildman–Crippen MR) is 122 cm³/mol. The van der Waals surface area contributed by atoms with Crippen LogP contribution in [0.4, 0.5) is 5.69 Å². The lowest BCUT2D eigenvalue weighted by Crippen LogP contribution is -2.40. The number of hydrogen-bond acceptors (Lipinski definition) is 4. The van der Waals surface area contributed by atoms with Gasteiger partial charge >= 0.3 is 0 Å². The maximum atomic E-state index is 12.2. The molecule has 0 bridgehead atoms. The van der Waals surface area contributed by atoms with Gasteiger partial charge in [0, 0.05) is 44.2 Å². The molecule has 156 valence electrons. The Labute approximate surface area is 184 Å². The number of nitrogens with one attached hydrogen (secondary N) is 3. The second kappa shape index (κ2) is 12.0. The monoisotopic (exact) mass is 502 g/mol. The third-order valence-corrected chi connectivity index (χ3v) is 4.93. The molecule has 8 heteroatoms. The molecule has 1 aromatic rings. The van der Waals surface area contributed by atoms with Crippen LogP contribution >= 0.6 is 24.0 Å². The van der Waals surface area contributed by atoms with Gasteiger partial charge < -0.3 is 25.4 Å². The standard InChI is InChI=1S/C20H30N4O3.HI/c1-21-20(23-11-10-22-19(25)15-6-3-2-4-7-15)24-16-8-9-17-18(14-16)27-13-5-12-26-17;/h8-9,14-15H,2-7,10-13H2,1H3,(H,22,25)(H2,21,23,24);1H. The Morgan fingerprint density at radius 1 is 1.04 bits per heavy atom. The number of halogens is 1. The van der Waals surface area contributed by atoms with Crippen LogP contribution in [0.5, 0.6) is 11.5 Å². The molecule has 2 aliphatic rings. The average Bonchev–Trinajstić information content (AvgIpc) is 2.95. The molecule has 1 fully saturated rings. The molecule has 0 radical (unpaired) electrons. The molecule has 0 atom stereocenters. The molecule has 3 rings (SSSR count). The molecule has 1 aliphatic carbocycles. The van der Waals surface area contributed by atoms with Crippen LogP contribution < -0.4 is 25.4 Å². The third kappa shape index (κ3) is 6.72. The van der Waals surface area contributed by atoms with E-state index in [4.69, 9.17) is 9.47 Å². The van der Waals surface area contributed by atoms with Gasteiger partial charge in [0.15, 0.2) is 17.5 Å². The number of amides is 1. The number of aliphatic imine (C=N–C) groups is 1. The summed E-state index contributed by atoms with van der Waals surface area (Å²) in [6.45, 7) is 2.53. The zero-order valence-electron chi connectivity index (χ0n) is 16.5.